The Morgan fingerprint density at radius 1 is 1.11 bits per heavy atom. The second-order valence-corrected chi connectivity index (χ2v) is 3.68. The van der Waals surface area contributed by atoms with Crippen LogP contribution in [0.4, 0.5) is 0 Å². The van der Waals surface area contributed by atoms with Crippen LogP contribution in [-0.2, 0) is 4.74 Å². The molecule has 2 aromatic carbocycles. The number of ether oxygens (including phenoxy) is 2. The van der Waals surface area contributed by atoms with Gasteiger partial charge in [-0.05, 0) is 29.3 Å². The minimum atomic E-state index is -0.388. The molecule has 0 aliphatic heterocycles. The molecular weight excluding hydrogens is 228 g/mol. The summed E-state index contributed by atoms with van der Waals surface area (Å²) < 4.78 is 9.85. The van der Waals surface area contributed by atoms with E-state index in [4.69, 9.17) is 9.47 Å². The molecule has 3 heteroatoms. The molecule has 2 aromatic rings. The van der Waals surface area contributed by atoms with E-state index in [0.29, 0.717) is 5.56 Å². The van der Waals surface area contributed by atoms with Crippen LogP contribution in [0.2, 0.25) is 0 Å². The molecule has 0 atom stereocenters. The summed E-state index contributed by atoms with van der Waals surface area (Å²) in [6.45, 7) is 0. The van der Waals surface area contributed by atoms with Crippen LogP contribution in [0.3, 0.4) is 0 Å². The fourth-order valence-corrected chi connectivity index (χ4v) is 1.72. The van der Waals surface area contributed by atoms with Crippen LogP contribution >= 0.6 is 0 Å². The van der Waals surface area contributed by atoms with Crippen molar-refractivity contribution in [3.63, 3.8) is 0 Å². The zero-order valence-corrected chi connectivity index (χ0v) is 10.3. The zero-order valence-electron chi connectivity index (χ0n) is 10.3. The van der Waals surface area contributed by atoms with Crippen molar-refractivity contribution in [2.45, 2.75) is 0 Å². The first-order valence-corrected chi connectivity index (χ1v) is 5.49. The Balaban J connectivity index is 2.46. The van der Waals surface area contributed by atoms with Gasteiger partial charge >= 0.3 is 5.97 Å². The molecule has 0 heterocycles. The molecule has 0 aliphatic rings. The Labute approximate surface area is 106 Å². The third kappa shape index (κ3) is 2.35. The Morgan fingerprint density at radius 3 is 2.44 bits per heavy atom. The normalized spacial score (nSPS) is 9.89. The lowest BCUT2D eigenvalue weighted by molar-refractivity contribution is 0.0601. The lowest BCUT2D eigenvalue weighted by Crippen LogP contribution is -2.03. The van der Waals surface area contributed by atoms with Crippen molar-refractivity contribution in [3.8, 4) is 16.9 Å². The first kappa shape index (κ1) is 12.2. The smallest absolute Gasteiger partial charge is 0.339 e. The van der Waals surface area contributed by atoms with Crippen LogP contribution in [0.15, 0.2) is 42.5 Å². The van der Waals surface area contributed by atoms with Crippen LogP contribution in [0, 0.1) is 6.07 Å². The second-order valence-electron chi connectivity index (χ2n) is 3.68. The van der Waals surface area contributed by atoms with Crippen molar-refractivity contribution in [1.29, 1.82) is 0 Å². The van der Waals surface area contributed by atoms with Crippen LogP contribution < -0.4 is 4.74 Å². The van der Waals surface area contributed by atoms with Gasteiger partial charge in [0.1, 0.15) is 5.75 Å². The fourth-order valence-electron chi connectivity index (χ4n) is 1.72. The molecular formula is C15H13O3. The summed E-state index contributed by atoms with van der Waals surface area (Å²) in [5.41, 5.74) is 2.16. The third-order valence-corrected chi connectivity index (χ3v) is 2.65. The summed E-state index contributed by atoms with van der Waals surface area (Å²) in [6, 6.07) is 15.8. The van der Waals surface area contributed by atoms with Gasteiger partial charge in [0.25, 0.3) is 0 Å². The van der Waals surface area contributed by atoms with E-state index in [2.05, 4.69) is 6.07 Å². The van der Waals surface area contributed by atoms with E-state index in [1.807, 2.05) is 36.4 Å². The fraction of sp³-hybridized carbons (Fsp3) is 0.133. The molecule has 91 valence electrons. The first-order chi connectivity index (χ1) is 8.76. The van der Waals surface area contributed by atoms with E-state index in [9.17, 15) is 4.79 Å². The molecule has 0 amide bonds. The number of esters is 1. The van der Waals surface area contributed by atoms with Gasteiger partial charge in [-0.25, -0.2) is 4.79 Å². The molecule has 0 saturated heterocycles. The molecule has 0 aromatic heterocycles. The van der Waals surface area contributed by atoms with Crippen LogP contribution in [-0.4, -0.2) is 20.2 Å². The number of benzene rings is 2. The summed E-state index contributed by atoms with van der Waals surface area (Å²) in [4.78, 5) is 11.7. The molecule has 0 saturated carbocycles. The average Bonchev–Trinajstić information content (AvgIpc) is 2.46. The van der Waals surface area contributed by atoms with Crippen LogP contribution in [0.1, 0.15) is 10.4 Å². The Kier molecular flexibility index (Phi) is 3.63. The largest absolute Gasteiger partial charge is 0.497 e. The van der Waals surface area contributed by atoms with Gasteiger partial charge in [-0.15, -0.1) is 0 Å². The highest BCUT2D eigenvalue weighted by Gasteiger charge is 2.12. The molecule has 3 nitrogen and oxygen atoms in total. The highest BCUT2D eigenvalue weighted by Crippen LogP contribution is 2.25. The number of carbonyl (C=O) groups excluding carboxylic acids is 1. The molecule has 2 rings (SSSR count). The van der Waals surface area contributed by atoms with Gasteiger partial charge in [0.05, 0.1) is 19.8 Å². The van der Waals surface area contributed by atoms with Crippen molar-refractivity contribution < 1.29 is 14.3 Å². The molecule has 0 N–H and O–H groups in total. The van der Waals surface area contributed by atoms with E-state index in [1.165, 1.54) is 7.11 Å². The molecule has 18 heavy (non-hydrogen) atoms. The lowest BCUT2D eigenvalue weighted by Gasteiger charge is -2.08. The summed E-state index contributed by atoms with van der Waals surface area (Å²) >= 11 is 0. The minimum Gasteiger partial charge on any atom is -0.497 e. The van der Waals surface area contributed by atoms with E-state index < -0.39 is 0 Å². The van der Waals surface area contributed by atoms with Crippen molar-refractivity contribution in [2.75, 3.05) is 14.2 Å². The van der Waals surface area contributed by atoms with Gasteiger partial charge in [-0.2, -0.15) is 0 Å². The van der Waals surface area contributed by atoms with E-state index in [-0.39, 0.29) is 5.97 Å². The van der Waals surface area contributed by atoms with E-state index in [1.54, 1.807) is 13.2 Å². The van der Waals surface area contributed by atoms with E-state index in [0.717, 1.165) is 16.9 Å². The summed E-state index contributed by atoms with van der Waals surface area (Å²) in [5, 5.41) is 0. The van der Waals surface area contributed by atoms with Gasteiger partial charge in [0.15, 0.2) is 0 Å². The highest BCUT2D eigenvalue weighted by atomic mass is 16.5. The monoisotopic (exact) mass is 241 g/mol. The van der Waals surface area contributed by atoms with Gasteiger partial charge in [-0.1, -0.05) is 30.3 Å². The molecule has 0 spiro atoms. The molecule has 0 unspecified atom stereocenters. The van der Waals surface area contributed by atoms with Gasteiger partial charge in [0, 0.05) is 0 Å². The van der Waals surface area contributed by atoms with Gasteiger partial charge in [-0.3, -0.25) is 0 Å². The zero-order chi connectivity index (χ0) is 13.0. The SMILES string of the molecule is COC(=O)c1[c]cccc1-c1ccc(OC)cc1. The Morgan fingerprint density at radius 2 is 1.83 bits per heavy atom. The predicted molar refractivity (Wildman–Crippen MR) is 68.6 cm³/mol. The predicted octanol–water partition coefficient (Wildman–Crippen LogP) is 2.95. The standard InChI is InChI=1S/C15H13O3/c1-17-12-9-7-11(8-10-12)13-5-3-4-6-14(13)15(16)18-2/h3-5,7-10H,1-2H3. The summed E-state index contributed by atoms with van der Waals surface area (Å²) in [7, 11) is 2.98. The van der Waals surface area contributed by atoms with Crippen molar-refractivity contribution >= 4 is 5.97 Å². The number of carbonyl (C=O) groups is 1. The average molecular weight is 241 g/mol. The number of methoxy groups -OCH3 is 2. The first-order valence-electron chi connectivity index (χ1n) is 5.49. The Hall–Kier alpha value is -2.29. The minimum absolute atomic E-state index is 0.388. The quantitative estimate of drug-likeness (QED) is 0.775. The number of hydrogen-bond donors (Lipinski definition) is 0. The molecule has 0 bridgehead atoms. The molecule has 1 radical (unpaired) electrons. The van der Waals surface area contributed by atoms with Gasteiger partial charge < -0.3 is 9.47 Å². The van der Waals surface area contributed by atoms with E-state index >= 15 is 0 Å². The second kappa shape index (κ2) is 5.36. The van der Waals surface area contributed by atoms with Crippen molar-refractivity contribution in [1.82, 2.24) is 0 Å². The van der Waals surface area contributed by atoms with Crippen molar-refractivity contribution in [3.05, 3.63) is 54.1 Å². The highest BCUT2D eigenvalue weighted by molar-refractivity contribution is 5.96. The maximum absolute atomic E-state index is 11.7. The number of hydrogen-bond acceptors (Lipinski definition) is 3. The third-order valence-electron chi connectivity index (χ3n) is 2.65. The number of rotatable bonds is 3. The van der Waals surface area contributed by atoms with Gasteiger partial charge in [0.2, 0.25) is 0 Å². The van der Waals surface area contributed by atoms with Crippen LogP contribution in [0.5, 0.6) is 5.75 Å². The lowest BCUT2D eigenvalue weighted by atomic mass is 10.00. The van der Waals surface area contributed by atoms with Crippen LogP contribution in [0.25, 0.3) is 11.1 Å². The van der Waals surface area contributed by atoms with Crippen molar-refractivity contribution in [2.24, 2.45) is 0 Å². The summed E-state index contributed by atoms with van der Waals surface area (Å²) in [5.74, 6) is 0.389. The Bertz CT molecular complexity index is 544. The maximum Gasteiger partial charge on any atom is 0.339 e. The summed E-state index contributed by atoms with van der Waals surface area (Å²) in [6.07, 6.45) is 0. The molecule has 0 aliphatic carbocycles. The molecule has 0 fully saturated rings. The topological polar surface area (TPSA) is 35.5 Å². The maximum atomic E-state index is 11.7.